The molecule has 2 aromatic carbocycles. The highest BCUT2D eigenvalue weighted by molar-refractivity contribution is 5.97. The van der Waals surface area contributed by atoms with Gasteiger partial charge in [-0.25, -0.2) is 4.79 Å². The lowest BCUT2D eigenvalue weighted by Crippen LogP contribution is -2.53. The fraction of sp³-hybridized carbons (Fsp3) is 0.300. The lowest BCUT2D eigenvalue weighted by molar-refractivity contribution is -0.122. The number of hydrogen-bond donors (Lipinski definition) is 2. The van der Waals surface area contributed by atoms with E-state index in [2.05, 4.69) is 10.6 Å². The third-order valence-electron chi connectivity index (χ3n) is 4.92. The van der Waals surface area contributed by atoms with E-state index in [1.807, 2.05) is 59.5 Å². The van der Waals surface area contributed by atoms with Gasteiger partial charge in [-0.2, -0.15) is 0 Å². The Bertz CT molecular complexity index is 809. The summed E-state index contributed by atoms with van der Waals surface area (Å²) in [6, 6.07) is 17.4. The van der Waals surface area contributed by atoms with Gasteiger partial charge in [0.15, 0.2) is 6.17 Å². The van der Waals surface area contributed by atoms with Crippen LogP contribution in [0.2, 0.25) is 0 Å². The highest BCUT2D eigenvalue weighted by atomic mass is 16.5. The van der Waals surface area contributed by atoms with Crippen LogP contribution in [0.15, 0.2) is 54.6 Å². The molecule has 134 valence electrons. The summed E-state index contributed by atoms with van der Waals surface area (Å²) in [6.45, 7) is 0.931. The molecule has 0 aromatic heterocycles. The molecule has 1 saturated heterocycles. The van der Waals surface area contributed by atoms with Crippen LogP contribution in [0.5, 0.6) is 0 Å². The average molecular weight is 351 g/mol. The van der Waals surface area contributed by atoms with Gasteiger partial charge in [0.1, 0.15) is 6.61 Å². The normalized spacial score (nSPS) is 21.9. The largest absolute Gasteiger partial charge is 0.445 e. The molecule has 0 aliphatic carbocycles. The van der Waals surface area contributed by atoms with Crippen LogP contribution < -0.4 is 10.6 Å². The summed E-state index contributed by atoms with van der Waals surface area (Å²) in [5.74, 6) is -0.237. The smallest absolute Gasteiger partial charge is 0.409 e. The highest BCUT2D eigenvalue weighted by Gasteiger charge is 2.40. The Morgan fingerprint density at radius 3 is 2.77 bits per heavy atom. The maximum Gasteiger partial charge on any atom is 0.409 e. The number of alkyl carbamates (subject to hydrolysis) is 1. The van der Waals surface area contributed by atoms with E-state index in [0.29, 0.717) is 0 Å². The molecule has 2 heterocycles. The molecule has 0 spiro atoms. The molecule has 4 rings (SSSR count). The molecule has 2 aliphatic heterocycles. The number of para-hydroxylation sites is 1. The molecule has 2 N–H and O–H groups in total. The molecule has 6 heteroatoms. The Balaban J connectivity index is 1.48. The van der Waals surface area contributed by atoms with Crippen molar-refractivity contribution in [2.45, 2.75) is 31.7 Å². The number of nitrogens with zero attached hydrogens (tertiary/aromatic N) is 1. The molecule has 0 bridgehead atoms. The van der Waals surface area contributed by atoms with Crippen LogP contribution in [0.3, 0.4) is 0 Å². The monoisotopic (exact) mass is 351 g/mol. The molecule has 2 atom stereocenters. The Morgan fingerprint density at radius 1 is 1.15 bits per heavy atom. The molecule has 26 heavy (non-hydrogen) atoms. The van der Waals surface area contributed by atoms with Crippen LogP contribution in [0.4, 0.5) is 10.5 Å². The summed E-state index contributed by atoms with van der Waals surface area (Å²) in [7, 11) is 0. The molecule has 1 fully saturated rings. The third-order valence-corrected chi connectivity index (χ3v) is 4.92. The van der Waals surface area contributed by atoms with Crippen LogP contribution in [-0.2, 0) is 16.1 Å². The number of carbonyl (C=O) groups is 2. The highest BCUT2D eigenvalue weighted by Crippen LogP contribution is 2.39. The van der Waals surface area contributed by atoms with E-state index in [-0.39, 0.29) is 18.6 Å². The summed E-state index contributed by atoms with van der Waals surface area (Å²) < 4.78 is 5.29. The number of carbonyl (C=O) groups excluding carboxylic acids is 2. The first-order valence-electron chi connectivity index (χ1n) is 8.85. The molecular weight excluding hydrogens is 330 g/mol. The first-order valence-corrected chi connectivity index (χ1v) is 8.85. The molecule has 1 unspecified atom stereocenters. The number of hydrogen-bond acceptors (Lipinski definition) is 4. The Labute approximate surface area is 152 Å². The number of amides is 2. The topological polar surface area (TPSA) is 70.7 Å². The second-order valence-electron chi connectivity index (χ2n) is 6.58. The van der Waals surface area contributed by atoms with E-state index in [1.165, 1.54) is 0 Å². The van der Waals surface area contributed by atoms with E-state index in [1.54, 1.807) is 0 Å². The van der Waals surface area contributed by atoms with Crippen molar-refractivity contribution in [1.82, 2.24) is 10.2 Å². The van der Waals surface area contributed by atoms with Crippen molar-refractivity contribution >= 4 is 17.7 Å². The zero-order chi connectivity index (χ0) is 17.9. The molecule has 0 saturated carbocycles. The number of rotatable bonds is 3. The van der Waals surface area contributed by atoms with E-state index in [4.69, 9.17) is 4.74 Å². The fourth-order valence-corrected chi connectivity index (χ4v) is 3.71. The second kappa shape index (κ2) is 7.17. The second-order valence-corrected chi connectivity index (χ2v) is 6.58. The number of anilines is 1. The first kappa shape index (κ1) is 16.6. The minimum Gasteiger partial charge on any atom is -0.445 e. The van der Waals surface area contributed by atoms with Gasteiger partial charge in [-0.15, -0.1) is 0 Å². The zero-order valence-electron chi connectivity index (χ0n) is 14.4. The summed E-state index contributed by atoms with van der Waals surface area (Å²) in [4.78, 5) is 27.0. The molecular formula is C20H21N3O3. The lowest BCUT2D eigenvalue weighted by Gasteiger charge is -2.29. The van der Waals surface area contributed by atoms with Crippen LogP contribution in [-0.4, -0.2) is 29.6 Å². The van der Waals surface area contributed by atoms with E-state index in [9.17, 15) is 9.59 Å². The fourth-order valence-electron chi connectivity index (χ4n) is 3.71. The Kier molecular flexibility index (Phi) is 4.58. The maximum absolute atomic E-state index is 12.7. The molecule has 0 radical (unpaired) electrons. The van der Waals surface area contributed by atoms with Gasteiger partial charge >= 0.3 is 6.09 Å². The predicted molar refractivity (Wildman–Crippen MR) is 97.3 cm³/mol. The molecule has 2 amide bonds. The first-order chi connectivity index (χ1) is 12.7. The van der Waals surface area contributed by atoms with Crippen LogP contribution in [0, 0.1) is 0 Å². The van der Waals surface area contributed by atoms with Crippen LogP contribution in [0.1, 0.15) is 30.0 Å². The van der Waals surface area contributed by atoms with Gasteiger partial charge in [-0.1, -0.05) is 48.5 Å². The van der Waals surface area contributed by atoms with Gasteiger partial charge in [0.2, 0.25) is 0 Å². The van der Waals surface area contributed by atoms with Gasteiger partial charge in [0.25, 0.3) is 5.91 Å². The van der Waals surface area contributed by atoms with E-state index in [0.717, 1.165) is 36.2 Å². The molecule has 6 nitrogen and oxygen atoms in total. The number of nitrogens with one attached hydrogen (secondary N) is 2. The van der Waals surface area contributed by atoms with Gasteiger partial charge < -0.3 is 10.1 Å². The van der Waals surface area contributed by atoms with Crippen molar-refractivity contribution in [1.29, 1.82) is 0 Å². The van der Waals surface area contributed by atoms with E-state index >= 15 is 0 Å². The minimum atomic E-state index is -0.738. The minimum absolute atomic E-state index is 0.115. The van der Waals surface area contributed by atoms with E-state index < -0.39 is 12.3 Å². The molecule has 2 aliphatic rings. The van der Waals surface area contributed by atoms with Crippen LogP contribution >= 0.6 is 0 Å². The standard InChI is InChI=1S/C20H21N3O3/c24-19-18(22-20(25)26-13-14-7-2-1-3-8-14)23-12-6-11-17(23)15-9-4-5-10-16(15)21-19/h1-5,7-10,17-18H,6,11-13H2,(H,21,24)(H,22,25)/t17?,18-/m1/s1. The van der Waals surface area contributed by atoms with Crippen molar-refractivity contribution in [3.05, 3.63) is 65.7 Å². The molecule has 2 aromatic rings. The summed E-state index contributed by atoms with van der Waals surface area (Å²) in [5, 5.41) is 5.67. The van der Waals surface area contributed by atoms with Crippen molar-refractivity contribution in [2.75, 3.05) is 11.9 Å². The zero-order valence-corrected chi connectivity index (χ0v) is 14.4. The summed E-state index contributed by atoms with van der Waals surface area (Å²) in [5.41, 5.74) is 2.82. The summed E-state index contributed by atoms with van der Waals surface area (Å²) in [6.07, 6.45) is 0.621. The number of fused-ring (bicyclic) bond motifs is 3. The van der Waals surface area contributed by atoms with Gasteiger partial charge in [-0.3, -0.25) is 15.0 Å². The third kappa shape index (κ3) is 3.28. The lowest BCUT2D eigenvalue weighted by atomic mass is 10.0. The Hall–Kier alpha value is -2.86. The van der Waals surface area contributed by atoms with Gasteiger partial charge in [-0.05, 0) is 30.0 Å². The SMILES string of the molecule is O=C(N[C@H]1C(=O)Nc2ccccc2C2CCCN21)OCc1ccccc1. The van der Waals surface area contributed by atoms with Crippen molar-refractivity contribution < 1.29 is 14.3 Å². The van der Waals surface area contributed by atoms with Gasteiger partial charge in [0, 0.05) is 18.3 Å². The average Bonchev–Trinajstić information content (AvgIpc) is 3.11. The number of ether oxygens (including phenoxy) is 1. The number of benzene rings is 2. The van der Waals surface area contributed by atoms with Crippen molar-refractivity contribution in [3.63, 3.8) is 0 Å². The quantitative estimate of drug-likeness (QED) is 0.892. The van der Waals surface area contributed by atoms with Crippen LogP contribution in [0.25, 0.3) is 0 Å². The van der Waals surface area contributed by atoms with Crippen molar-refractivity contribution in [2.24, 2.45) is 0 Å². The Morgan fingerprint density at radius 2 is 1.92 bits per heavy atom. The van der Waals surface area contributed by atoms with Crippen molar-refractivity contribution in [3.8, 4) is 0 Å². The maximum atomic E-state index is 12.7. The summed E-state index contributed by atoms with van der Waals surface area (Å²) >= 11 is 0. The predicted octanol–water partition coefficient (Wildman–Crippen LogP) is 3.03. The van der Waals surface area contributed by atoms with Gasteiger partial charge in [0.05, 0.1) is 0 Å².